The van der Waals surface area contributed by atoms with Crippen LogP contribution < -0.4 is 5.32 Å². The normalized spacial score (nSPS) is 12.4. The van der Waals surface area contributed by atoms with Crippen LogP contribution in [-0.4, -0.2) is 16.5 Å². The minimum absolute atomic E-state index is 0.223. The maximum Gasteiger partial charge on any atom is 0.0759 e. The molecule has 2 rings (SSSR count). The van der Waals surface area contributed by atoms with Gasteiger partial charge in [0.1, 0.15) is 0 Å². The van der Waals surface area contributed by atoms with Crippen molar-refractivity contribution >= 4 is 0 Å². The van der Waals surface area contributed by atoms with Crippen LogP contribution in [0, 0.1) is 13.8 Å². The monoisotopic (exact) mass is 255 g/mol. The summed E-state index contributed by atoms with van der Waals surface area (Å²) in [4.78, 5) is 8.82. The van der Waals surface area contributed by atoms with Gasteiger partial charge in [-0.1, -0.05) is 36.8 Å². The molecule has 1 aromatic carbocycles. The predicted octanol–water partition coefficient (Wildman–Crippen LogP) is 2.99. The van der Waals surface area contributed by atoms with Crippen molar-refractivity contribution in [2.75, 3.05) is 6.54 Å². The van der Waals surface area contributed by atoms with Crippen molar-refractivity contribution < 1.29 is 0 Å². The van der Waals surface area contributed by atoms with Crippen molar-refractivity contribution in [2.24, 2.45) is 0 Å². The Bertz CT molecular complexity index is 503. The van der Waals surface area contributed by atoms with E-state index in [1.165, 1.54) is 11.1 Å². The molecule has 1 heterocycles. The number of benzene rings is 1. The van der Waals surface area contributed by atoms with Gasteiger partial charge in [0, 0.05) is 6.20 Å². The van der Waals surface area contributed by atoms with Gasteiger partial charge in [-0.05, 0) is 32.4 Å². The molecule has 0 aliphatic carbocycles. The highest BCUT2D eigenvalue weighted by atomic mass is 14.9. The van der Waals surface area contributed by atoms with E-state index in [2.05, 4.69) is 53.4 Å². The maximum absolute atomic E-state index is 4.49. The van der Waals surface area contributed by atoms with Crippen molar-refractivity contribution in [1.82, 2.24) is 15.3 Å². The zero-order valence-electron chi connectivity index (χ0n) is 11.9. The number of nitrogens with zero attached hydrogens (tertiary/aromatic N) is 2. The van der Waals surface area contributed by atoms with Crippen molar-refractivity contribution in [1.29, 1.82) is 0 Å². The van der Waals surface area contributed by atoms with Gasteiger partial charge in [-0.15, -0.1) is 0 Å². The van der Waals surface area contributed by atoms with Crippen molar-refractivity contribution in [2.45, 2.75) is 33.2 Å². The lowest BCUT2D eigenvalue weighted by atomic mass is 10.0. The van der Waals surface area contributed by atoms with Gasteiger partial charge < -0.3 is 5.32 Å². The molecule has 2 aromatic rings. The zero-order valence-corrected chi connectivity index (χ0v) is 11.9. The van der Waals surface area contributed by atoms with E-state index in [-0.39, 0.29) is 6.04 Å². The van der Waals surface area contributed by atoms with Crippen molar-refractivity contribution in [3.63, 3.8) is 0 Å². The highest BCUT2D eigenvalue weighted by molar-refractivity contribution is 5.23. The van der Waals surface area contributed by atoms with Crippen LogP contribution in [0.2, 0.25) is 0 Å². The largest absolute Gasteiger partial charge is 0.309 e. The van der Waals surface area contributed by atoms with Gasteiger partial charge in [0.25, 0.3) is 0 Å². The second kappa shape index (κ2) is 6.43. The number of hydrogen-bond donors (Lipinski definition) is 1. The Morgan fingerprint density at radius 2 is 1.79 bits per heavy atom. The molecule has 19 heavy (non-hydrogen) atoms. The van der Waals surface area contributed by atoms with E-state index in [0.717, 1.165) is 24.4 Å². The lowest BCUT2D eigenvalue weighted by Gasteiger charge is -2.17. The Morgan fingerprint density at radius 1 is 1.05 bits per heavy atom. The molecule has 0 aliphatic heterocycles. The standard InChI is InChI=1S/C16H21N3/c1-4-17-15(16-11-18-13(3)10-19-16)9-14-7-5-12(2)6-8-14/h5-8,10-11,15,17H,4,9H2,1-3H3. The third kappa shape index (κ3) is 3.86. The van der Waals surface area contributed by atoms with Gasteiger partial charge in [0.2, 0.25) is 0 Å². The number of aromatic nitrogens is 2. The lowest BCUT2D eigenvalue weighted by molar-refractivity contribution is 0.534. The van der Waals surface area contributed by atoms with Gasteiger partial charge in [-0.25, -0.2) is 0 Å². The molecule has 1 atom stereocenters. The summed E-state index contributed by atoms with van der Waals surface area (Å²) in [5, 5.41) is 3.48. The topological polar surface area (TPSA) is 37.8 Å². The fourth-order valence-electron chi connectivity index (χ4n) is 2.07. The third-order valence-corrected chi connectivity index (χ3v) is 3.17. The Hall–Kier alpha value is -1.74. The molecule has 0 aliphatic rings. The van der Waals surface area contributed by atoms with Crippen LogP contribution in [-0.2, 0) is 6.42 Å². The first-order valence-electron chi connectivity index (χ1n) is 6.76. The van der Waals surface area contributed by atoms with Crippen LogP contribution in [0.4, 0.5) is 0 Å². The molecule has 1 N–H and O–H groups in total. The minimum Gasteiger partial charge on any atom is -0.309 e. The summed E-state index contributed by atoms with van der Waals surface area (Å²) in [6.07, 6.45) is 4.64. The van der Waals surface area contributed by atoms with Gasteiger partial charge >= 0.3 is 0 Å². The van der Waals surface area contributed by atoms with Crippen molar-refractivity contribution in [3.05, 3.63) is 59.2 Å². The first-order chi connectivity index (χ1) is 9.19. The second-order valence-electron chi connectivity index (χ2n) is 4.88. The molecule has 0 fully saturated rings. The highest BCUT2D eigenvalue weighted by Gasteiger charge is 2.12. The van der Waals surface area contributed by atoms with Crippen LogP contribution in [0.15, 0.2) is 36.7 Å². The number of hydrogen-bond acceptors (Lipinski definition) is 3. The van der Waals surface area contributed by atoms with E-state index in [0.29, 0.717) is 0 Å². The fourth-order valence-corrected chi connectivity index (χ4v) is 2.07. The van der Waals surface area contributed by atoms with E-state index in [4.69, 9.17) is 0 Å². The quantitative estimate of drug-likeness (QED) is 0.892. The average Bonchev–Trinajstić information content (AvgIpc) is 2.42. The Kier molecular flexibility index (Phi) is 4.63. The summed E-state index contributed by atoms with van der Waals surface area (Å²) >= 11 is 0. The van der Waals surface area contributed by atoms with Crippen molar-refractivity contribution in [3.8, 4) is 0 Å². The molecule has 100 valence electrons. The van der Waals surface area contributed by atoms with Crippen LogP contribution >= 0.6 is 0 Å². The first-order valence-corrected chi connectivity index (χ1v) is 6.76. The number of aryl methyl sites for hydroxylation is 2. The van der Waals surface area contributed by atoms with E-state index >= 15 is 0 Å². The Balaban J connectivity index is 2.15. The number of rotatable bonds is 5. The molecule has 3 nitrogen and oxygen atoms in total. The molecule has 0 radical (unpaired) electrons. The molecule has 0 bridgehead atoms. The van der Waals surface area contributed by atoms with Crippen LogP contribution in [0.25, 0.3) is 0 Å². The van der Waals surface area contributed by atoms with Crippen LogP contribution in [0.5, 0.6) is 0 Å². The van der Waals surface area contributed by atoms with Gasteiger partial charge in [0.05, 0.1) is 23.6 Å². The average molecular weight is 255 g/mol. The minimum atomic E-state index is 0.223. The molecule has 0 saturated heterocycles. The summed E-state index contributed by atoms with van der Waals surface area (Å²) in [5.74, 6) is 0. The van der Waals surface area contributed by atoms with Gasteiger partial charge in [0.15, 0.2) is 0 Å². The molecule has 0 saturated carbocycles. The Labute approximate surface area is 115 Å². The van der Waals surface area contributed by atoms with Gasteiger partial charge in [-0.2, -0.15) is 0 Å². The molecule has 0 spiro atoms. The fraction of sp³-hybridized carbons (Fsp3) is 0.375. The summed E-state index contributed by atoms with van der Waals surface area (Å²) in [6, 6.07) is 8.89. The summed E-state index contributed by atoms with van der Waals surface area (Å²) in [6.45, 7) is 7.10. The summed E-state index contributed by atoms with van der Waals surface area (Å²) in [5.41, 5.74) is 4.57. The predicted molar refractivity (Wildman–Crippen MR) is 78.1 cm³/mol. The number of nitrogens with one attached hydrogen (secondary N) is 1. The SMILES string of the molecule is CCNC(Cc1ccc(C)cc1)c1cnc(C)cn1. The molecule has 1 unspecified atom stereocenters. The van der Waals surface area contributed by atoms with E-state index < -0.39 is 0 Å². The highest BCUT2D eigenvalue weighted by Crippen LogP contribution is 2.16. The van der Waals surface area contributed by atoms with Crippen LogP contribution in [0.3, 0.4) is 0 Å². The third-order valence-electron chi connectivity index (χ3n) is 3.17. The Morgan fingerprint density at radius 3 is 2.37 bits per heavy atom. The molecular weight excluding hydrogens is 234 g/mol. The molecule has 0 amide bonds. The maximum atomic E-state index is 4.49. The summed E-state index contributed by atoms with van der Waals surface area (Å²) in [7, 11) is 0. The zero-order chi connectivity index (χ0) is 13.7. The molecular formula is C16H21N3. The summed E-state index contributed by atoms with van der Waals surface area (Å²) < 4.78 is 0. The van der Waals surface area contributed by atoms with Gasteiger partial charge in [-0.3, -0.25) is 9.97 Å². The van der Waals surface area contributed by atoms with E-state index in [1.54, 1.807) is 0 Å². The number of likely N-dealkylation sites (N-methyl/N-ethyl adjacent to an activating group) is 1. The lowest BCUT2D eigenvalue weighted by Crippen LogP contribution is -2.24. The van der Waals surface area contributed by atoms with Crippen LogP contribution in [0.1, 0.15) is 35.5 Å². The second-order valence-corrected chi connectivity index (χ2v) is 4.88. The van der Waals surface area contributed by atoms with E-state index in [1.807, 2.05) is 19.3 Å². The first kappa shape index (κ1) is 13.7. The smallest absolute Gasteiger partial charge is 0.0759 e. The van der Waals surface area contributed by atoms with E-state index in [9.17, 15) is 0 Å². The molecule has 1 aromatic heterocycles. The molecule has 3 heteroatoms.